The van der Waals surface area contributed by atoms with Crippen molar-refractivity contribution in [1.82, 2.24) is 9.78 Å². The first-order valence-corrected chi connectivity index (χ1v) is 8.53. The van der Waals surface area contributed by atoms with E-state index in [1.165, 1.54) is 25.0 Å². The summed E-state index contributed by atoms with van der Waals surface area (Å²) in [7, 11) is 0. The van der Waals surface area contributed by atoms with Crippen molar-refractivity contribution in [1.29, 1.82) is 0 Å². The molecule has 1 fully saturated rings. The number of nitrogens with zero attached hydrogens (tertiary/aromatic N) is 2. The SMILES string of the molecule is CCn1ncc(Cl)c1C(C)(C)C1CCC(C)CC1Br. The number of halogens is 2. The molecule has 1 heterocycles. The number of aromatic nitrogens is 2. The molecular formula is C15H24BrClN2. The molecule has 1 saturated carbocycles. The Bertz CT molecular complexity index is 441. The fraction of sp³-hybridized carbons (Fsp3) is 0.800. The van der Waals surface area contributed by atoms with Crippen molar-refractivity contribution in [3.63, 3.8) is 0 Å². The molecule has 0 aromatic carbocycles. The molecule has 4 heteroatoms. The first kappa shape index (κ1) is 15.4. The van der Waals surface area contributed by atoms with Crippen LogP contribution in [0.2, 0.25) is 5.02 Å². The summed E-state index contributed by atoms with van der Waals surface area (Å²) < 4.78 is 2.06. The summed E-state index contributed by atoms with van der Waals surface area (Å²) in [5, 5.41) is 5.22. The molecule has 0 saturated heterocycles. The van der Waals surface area contributed by atoms with Gasteiger partial charge in [-0.15, -0.1) is 0 Å². The third-order valence-electron chi connectivity index (χ3n) is 4.67. The maximum atomic E-state index is 6.41. The molecule has 19 heavy (non-hydrogen) atoms. The first-order valence-electron chi connectivity index (χ1n) is 7.23. The van der Waals surface area contributed by atoms with E-state index in [2.05, 4.69) is 53.4 Å². The van der Waals surface area contributed by atoms with Crippen LogP contribution in [0.5, 0.6) is 0 Å². The van der Waals surface area contributed by atoms with E-state index in [1.54, 1.807) is 6.20 Å². The van der Waals surface area contributed by atoms with E-state index in [0.717, 1.165) is 17.5 Å². The molecule has 0 radical (unpaired) electrons. The Hall–Kier alpha value is -0.0200. The average Bonchev–Trinajstić information content (AvgIpc) is 2.70. The lowest BCUT2D eigenvalue weighted by Crippen LogP contribution is -2.40. The van der Waals surface area contributed by atoms with Gasteiger partial charge in [-0.05, 0) is 31.6 Å². The minimum absolute atomic E-state index is 0.0535. The highest BCUT2D eigenvalue weighted by Gasteiger charge is 2.41. The zero-order valence-corrected chi connectivity index (χ0v) is 14.6. The van der Waals surface area contributed by atoms with Crippen molar-refractivity contribution < 1.29 is 0 Å². The Labute approximate surface area is 130 Å². The van der Waals surface area contributed by atoms with Crippen LogP contribution in [0.15, 0.2) is 6.20 Å². The Morgan fingerprint density at radius 1 is 1.47 bits per heavy atom. The van der Waals surface area contributed by atoms with Crippen LogP contribution < -0.4 is 0 Å². The van der Waals surface area contributed by atoms with Crippen LogP contribution in [-0.4, -0.2) is 14.6 Å². The highest BCUT2D eigenvalue weighted by atomic mass is 79.9. The van der Waals surface area contributed by atoms with Gasteiger partial charge in [0.2, 0.25) is 0 Å². The van der Waals surface area contributed by atoms with E-state index in [4.69, 9.17) is 11.6 Å². The summed E-state index contributed by atoms with van der Waals surface area (Å²) in [5.74, 6) is 1.44. The molecule has 1 aliphatic carbocycles. The molecule has 1 aliphatic rings. The van der Waals surface area contributed by atoms with Gasteiger partial charge < -0.3 is 0 Å². The van der Waals surface area contributed by atoms with Gasteiger partial charge in [0.1, 0.15) is 0 Å². The molecule has 0 bridgehead atoms. The highest BCUT2D eigenvalue weighted by molar-refractivity contribution is 9.09. The van der Waals surface area contributed by atoms with Crippen molar-refractivity contribution in [3.05, 3.63) is 16.9 Å². The van der Waals surface area contributed by atoms with E-state index in [9.17, 15) is 0 Å². The molecule has 2 rings (SSSR count). The molecule has 2 nitrogen and oxygen atoms in total. The summed E-state index contributed by atoms with van der Waals surface area (Å²) in [5.41, 5.74) is 1.25. The number of hydrogen-bond acceptors (Lipinski definition) is 1. The molecule has 0 spiro atoms. The second-order valence-electron chi connectivity index (χ2n) is 6.42. The molecule has 0 N–H and O–H groups in total. The number of hydrogen-bond donors (Lipinski definition) is 0. The van der Waals surface area contributed by atoms with E-state index in [0.29, 0.717) is 10.7 Å². The normalized spacial score (nSPS) is 28.6. The fourth-order valence-electron chi connectivity index (χ4n) is 3.54. The van der Waals surface area contributed by atoms with E-state index in [-0.39, 0.29) is 5.41 Å². The van der Waals surface area contributed by atoms with Gasteiger partial charge in [0.15, 0.2) is 0 Å². The van der Waals surface area contributed by atoms with Crippen LogP contribution in [0.1, 0.15) is 52.7 Å². The highest BCUT2D eigenvalue weighted by Crippen LogP contribution is 2.46. The van der Waals surface area contributed by atoms with Crippen molar-refractivity contribution in [2.75, 3.05) is 0 Å². The van der Waals surface area contributed by atoms with Crippen LogP contribution in [0.25, 0.3) is 0 Å². The van der Waals surface area contributed by atoms with Gasteiger partial charge in [-0.25, -0.2) is 0 Å². The quantitative estimate of drug-likeness (QED) is 0.701. The Kier molecular flexibility index (Phi) is 4.67. The van der Waals surface area contributed by atoms with E-state index >= 15 is 0 Å². The zero-order valence-electron chi connectivity index (χ0n) is 12.3. The van der Waals surface area contributed by atoms with Gasteiger partial charge in [0, 0.05) is 16.8 Å². The molecule has 3 unspecified atom stereocenters. The van der Waals surface area contributed by atoms with Gasteiger partial charge >= 0.3 is 0 Å². The maximum Gasteiger partial charge on any atom is 0.0823 e. The smallest absolute Gasteiger partial charge is 0.0823 e. The molecule has 0 amide bonds. The summed E-state index contributed by atoms with van der Waals surface area (Å²) in [6.45, 7) is 9.98. The Morgan fingerprint density at radius 2 is 2.16 bits per heavy atom. The predicted octanol–water partition coefficient (Wildman–Crippen LogP) is 5.03. The van der Waals surface area contributed by atoms with Crippen LogP contribution in [-0.2, 0) is 12.0 Å². The number of aryl methyl sites for hydroxylation is 1. The minimum atomic E-state index is 0.0535. The molecule has 1 aromatic heterocycles. The number of alkyl halides is 1. The summed E-state index contributed by atoms with van der Waals surface area (Å²) in [4.78, 5) is 0.572. The second-order valence-corrected chi connectivity index (χ2v) is 8.00. The number of rotatable bonds is 3. The van der Waals surface area contributed by atoms with E-state index in [1.807, 2.05) is 0 Å². The van der Waals surface area contributed by atoms with Gasteiger partial charge in [-0.2, -0.15) is 5.10 Å². The predicted molar refractivity (Wildman–Crippen MR) is 85.2 cm³/mol. The molecule has 0 aliphatic heterocycles. The van der Waals surface area contributed by atoms with Gasteiger partial charge in [0.05, 0.1) is 16.9 Å². The van der Waals surface area contributed by atoms with E-state index < -0.39 is 0 Å². The minimum Gasteiger partial charge on any atom is -0.268 e. The standard InChI is InChI=1S/C15H24BrClN2/c1-5-19-14(13(17)9-18-19)15(3,4)11-7-6-10(2)8-12(11)16/h9-12H,5-8H2,1-4H3. The van der Waals surface area contributed by atoms with Crippen LogP contribution in [0, 0.1) is 11.8 Å². The molecule has 3 atom stereocenters. The third kappa shape index (κ3) is 2.87. The van der Waals surface area contributed by atoms with Crippen molar-refractivity contribution >= 4 is 27.5 Å². The molecule has 1 aromatic rings. The lowest BCUT2D eigenvalue weighted by molar-refractivity contribution is 0.205. The summed E-state index contributed by atoms with van der Waals surface area (Å²) in [6.07, 6.45) is 5.62. The van der Waals surface area contributed by atoms with Gasteiger partial charge in [-0.3, -0.25) is 4.68 Å². The lowest BCUT2D eigenvalue weighted by atomic mass is 9.67. The maximum absolute atomic E-state index is 6.41. The zero-order chi connectivity index (χ0) is 14.2. The molecule has 108 valence electrons. The summed E-state index contributed by atoms with van der Waals surface area (Å²) in [6, 6.07) is 0. The fourth-order valence-corrected chi connectivity index (χ4v) is 5.49. The lowest BCUT2D eigenvalue weighted by Gasteiger charge is -2.42. The van der Waals surface area contributed by atoms with Crippen LogP contribution >= 0.6 is 27.5 Å². The topological polar surface area (TPSA) is 17.8 Å². The van der Waals surface area contributed by atoms with Crippen molar-refractivity contribution in [2.45, 2.75) is 63.7 Å². The largest absolute Gasteiger partial charge is 0.268 e. The average molecular weight is 348 g/mol. The Balaban J connectivity index is 2.33. The summed E-state index contributed by atoms with van der Waals surface area (Å²) >= 11 is 10.3. The van der Waals surface area contributed by atoms with Crippen LogP contribution in [0.4, 0.5) is 0 Å². The second kappa shape index (κ2) is 5.77. The Morgan fingerprint density at radius 3 is 2.74 bits per heavy atom. The van der Waals surface area contributed by atoms with Crippen molar-refractivity contribution in [3.8, 4) is 0 Å². The monoisotopic (exact) mass is 346 g/mol. The van der Waals surface area contributed by atoms with Crippen LogP contribution in [0.3, 0.4) is 0 Å². The molecular weight excluding hydrogens is 324 g/mol. The van der Waals surface area contributed by atoms with Crippen molar-refractivity contribution in [2.24, 2.45) is 11.8 Å². The third-order valence-corrected chi connectivity index (χ3v) is 5.95. The van der Waals surface area contributed by atoms with Gasteiger partial charge in [-0.1, -0.05) is 54.7 Å². The van der Waals surface area contributed by atoms with Gasteiger partial charge in [0.25, 0.3) is 0 Å². The first-order chi connectivity index (χ1) is 8.87.